The average Bonchev–Trinajstić information content (AvgIpc) is 3.07. The van der Waals surface area contributed by atoms with Gasteiger partial charge in [-0.3, -0.25) is 18.9 Å². The number of rotatable bonds is 6. The highest BCUT2D eigenvalue weighted by Crippen LogP contribution is 2.38. The molecule has 6 nitrogen and oxygen atoms in total. The van der Waals surface area contributed by atoms with Gasteiger partial charge in [0.15, 0.2) is 0 Å². The molecule has 1 amide bonds. The number of fused-ring (bicyclic) bond motifs is 1. The summed E-state index contributed by atoms with van der Waals surface area (Å²) in [5.74, 6) is 0.629. The molecule has 1 saturated heterocycles. The van der Waals surface area contributed by atoms with Crippen LogP contribution in [0.1, 0.15) is 37.9 Å². The van der Waals surface area contributed by atoms with E-state index < -0.39 is 0 Å². The highest BCUT2D eigenvalue weighted by molar-refractivity contribution is 8.26. The molecule has 1 atom stereocenters. The first-order chi connectivity index (χ1) is 15.4. The zero-order valence-corrected chi connectivity index (χ0v) is 19.7. The Balaban J connectivity index is 1.76. The van der Waals surface area contributed by atoms with E-state index in [9.17, 15) is 9.59 Å². The van der Waals surface area contributed by atoms with Gasteiger partial charge >= 0.3 is 0 Å². The molecule has 0 spiro atoms. The Kier molecular flexibility index (Phi) is 6.43. The summed E-state index contributed by atoms with van der Waals surface area (Å²) in [7, 11) is 0. The van der Waals surface area contributed by atoms with Gasteiger partial charge in [-0.15, -0.1) is 0 Å². The molecule has 1 fully saturated rings. The highest BCUT2D eigenvalue weighted by atomic mass is 32.2. The standard InChI is InChI=1S/C24H24N4O2S2/c1-15(2)14-25-21-18(22(29)27-12-8-7-11-20(27)26-21)13-19-23(30)28(24(31)32-19)16(3)17-9-5-4-6-10-17/h4-13,15-16,25H,14H2,1-3H3/b19-13-. The normalized spacial score (nSPS) is 16.4. The van der Waals surface area contributed by atoms with Gasteiger partial charge in [0.1, 0.15) is 15.8 Å². The molecule has 1 N–H and O–H groups in total. The van der Waals surface area contributed by atoms with Gasteiger partial charge in [0.2, 0.25) is 0 Å². The van der Waals surface area contributed by atoms with Crippen LogP contribution in [0.4, 0.5) is 5.82 Å². The third-order valence-corrected chi connectivity index (χ3v) is 6.55. The van der Waals surface area contributed by atoms with E-state index in [-0.39, 0.29) is 17.5 Å². The van der Waals surface area contributed by atoms with E-state index in [0.29, 0.717) is 38.7 Å². The lowest BCUT2D eigenvalue weighted by Gasteiger charge is -2.23. The predicted molar refractivity (Wildman–Crippen MR) is 135 cm³/mol. The van der Waals surface area contributed by atoms with Crippen LogP contribution in [0.2, 0.25) is 0 Å². The van der Waals surface area contributed by atoms with Gasteiger partial charge in [-0.1, -0.05) is 74.2 Å². The summed E-state index contributed by atoms with van der Waals surface area (Å²) >= 11 is 6.74. The summed E-state index contributed by atoms with van der Waals surface area (Å²) in [6.45, 7) is 6.76. The molecule has 1 aliphatic rings. The van der Waals surface area contributed by atoms with Crippen LogP contribution >= 0.6 is 24.0 Å². The number of nitrogens with zero attached hydrogens (tertiary/aromatic N) is 3. The van der Waals surface area contributed by atoms with Crippen LogP contribution in [0, 0.1) is 5.92 Å². The van der Waals surface area contributed by atoms with E-state index in [2.05, 4.69) is 24.1 Å². The third-order valence-electron chi connectivity index (χ3n) is 5.22. The van der Waals surface area contributed by atoms with Crippen LogP contribution in [-0.2, 0) is 4.79 Å². The van der Waals surface area contributed by atoms with Gasteiger partial charge < -0.3 is 5.32 Å². The van der Waals surface area contributed by atoms with Crippen molar-refractivity contribution >= 4 is 51.7 Å². The maximum atomic E-state index is 13.3. The first kappa shape index (κ1) is 22.2. The van der Waals surface area contributed by atoms with Gasteiger partial charge in [0.05, 0.1) is 16.5 Å². The lowest BCUT2D eigenvalue weighted by Crippen LogP contribution is -2.31. The summed E-state index contributed by atoms with van der Waals surface area (Å²) in [6.07, 6.45) is 3.30. The summed E-state index contributed by atoms with van der Waals surface area (Å²) in [5, 5.41) is 3.27. The van der Waals surface area contributed by atoms with Crippen molar-refractivity contribution in [1.82, 2.24) is 14.3 Å². The molecular formula is C24H24N4O2S2. The summed E-state index contributed by atoms with van der Waals surface area (Å²) in [6, 6.07) is 15.0. The number of amides is 1. The summed E-state index contributed by atoms with van der Waals surface area (Å²) in [5.41, 5.74) is 1.66. The predicted octanol–water partition coefficient (Wildman–Crippen LogP) is 4.72. The van der Waals surface area contributed by atoms with Gasteiger partial charge in [0, 0.05) is 12.7 Å². The van der Waals surface area contributed by atoms with Crippen LogP contribution in [0.3, 0.4) is 0 Å². The van der Waals surface area contributed by atoms with Gasteiger partial charge in [0.25, 0.3) is 11.5 Å². The number of aromatic nitrogens is 2. The molecule has 0 radical (unpaired) electrons. The molecule has 2 aromatic heterocycles. The Labute approximate surface area is 196 Å². The van der Waals surface area contributed by atoms with E-state index >= 15 is 0 Å². The second-order valence-corrected chi connectivity index (χ2v) is 9.70. The second kappa shape index (κ2) is 9.26. The van der Waals surface area contributed by atoms with Crippen molar-refractivity contribution in [1.29, 1.82) is 0 Å². The second-order valence-electron chi connectivity index (χ2n) is 8.02. The lowest BCUT2D eigenvalue weighted by atomic mass is 10.1. The fourth-order valence-electron chi connectivity index (χ4n) is 3.49. The fourth-order valence-corrected chi connectivity index (χ4v) is 4.89. The summed E-state index contributed by atoms with van der Waals surface area (Å²) < 4.78 is 1.96. The molecule has 3 aromatic rings. The zero-order valence-electron chi connectivity index (χ0n) is 18.1. The van der Waals surface area contributed by atoms with Crippen LogP contribution in [0.5, 0.6) is 0 Å². The van der Waals surface area contributed by atoms with Crippen molar-refractivity contribution in [3.63, 3.8) is 0 Å². The molecule has 1 unspecified atom stereocenters. The number of hydrogen-bond acceptors (Lipinski definition) is 6. The minimum atomic E-state index is -0.233. The molecule has 164 valence electrons. The number of pyridine rings is 1. The van der Waals surface area contributed by atoms with E-state index in [1.54, 1.807) is 29.3 Å². The van der Waals surface area contributed by atoms with E-state index in [1.165, 1.54) is 16.2 Å². The Morgan fingerprint density at radius 2 is 1.81 bits per heavy atom. The van der Waals surface area contributed by atoms with Crippen molar-refractivity contribution in [3.05, 3.63) is 81.1 Å². The maximum Gasteiger partial charge on any atom is 0.267 e. The van der Waals surface area contributed by atoms with Crippen molar-refractivity contribution < 1.29 is 4.79 Å². The number of thiocarbonyl (C=S) groups is 1. The first-order valence-electron chi connectivity index (χ1n) is 10.4. The van der Waals surface area contributed by atoms with Crippen LogP contribution in [-0.4, -0.2) is 31.1 Å². The van der Waals surface area contributed by atoms with Gasteiger partial charge in [-0.2, -0.15) is 0 Å². The Morgan fingerprint density at radius 3 is 2.53 bits per heavy atom. The monoisotopic (exact) mass is 464 g/mol. The third kappa shape index (κ3) is 4.33. The quantitative estimate of drug-likeness (QED) is 0.420. The molecule has 0 saturated carbocycles. The maximum absolute atomic E-state index is 13.3. The number of benzene rings is 1. The van der Waals surface area contributed by atoms with Crippen molar-refractivity contribution in [3.8, 4) is 0 Å². The number of anilines is 1. The molecule has 0 bridgehead atoms. The van der Waals surface area contributed by atoms with E-state index in [1.807, 2.05) is 43.3 Å². The molecule has 1 aliphatic heterocycles. The topological polar surface area (TPSA) is 66.7 Å². The van der Waals surface area contributed by atoms with Gasteiger partial charge in [-0.25, -0.2) is 4.98 Å². The largest absolute Gasteiger partial charge is 0.369 e. The van der Waals surface area contributed by atoms with Crippen LogP contribution in [0.15, 0.2) is 64.4 Å². The van der Waals surface area contributed by atoms with Crippen molar-refractivity contribution in [2.75, 3.05) is 11.9 Å². The van der Waals surface area contributed by atoms with Gasteiger partial charge in [-0.05, 0) is 36.6 Å². The van der Waals surface area contributed by atoms with Crippen LogP contribution < -0.4 is 10.9 Å². The number of carbonyl (C=O) groups is 1. The van der Waals surface area contributed by atoms with Crippen molar-refractivity contribution in [2.45, 2.75) is 26.8 Å². The van der Waals surface area contributed by atoms with E-state index in [0.717, 1.165) is 5.56 Å². The molecular weight excluding hydrogens is 440 g/mol. The van der Waals surface area contributed by atoms with Crippen molar-refractivity contribution in [2.24, 2.45) is 5.92 Å². The Hall–Kier alpha value is -2.97. The highest BCUT2D eigenvalue weighted by Gasteiger charge is 2.36. The zero-order chi connectivity index (χ0) is 22.8. The minimum absolute atomic E-state index is 0.205. The van der Waals surface area contributed by atoms with E-state index in [4.69, 9.17) is 12.2 Å². The number of carbonyl (C=O) groups excluding carboxylic acids is 1. The SMILES string of the molecule is CC(C)CNc1nc2ccccn2c(=O)c1/C=C1\SC(=S)N(C(C)c2ccccc2)C1=O. The molecule has 1 aromatic carbocycles. The molecule has 0 aliphatic carbocycles. The molecule has 8 heteroatoms. The first-order valence-corrected chi connectivity index (χ1v) is 11.7. The fraction of sp³-hybridized carbons (Fsp3) is 0.250. The molecule has 3 heterocycles. The smallest absolute Gasteiger partial charge is 0.267 e. The van der Waals surface area contributed by atoms with Crippen LogP contribution in [0.25, 0.3) is 11.7 Å². The lowest BCUT2D eigenvalue weighted by molar-refractivity contribution is -0.123. The average molecular weight is 465 g/mol. The summed E-state index contributed by atoms with van der Waals surface area (Å²) in [4.78, 5) is 33.2. The Bertz CT molecular complexity index is 1270. The minimum Gasteiger partial charge on any atom is -0.369 e. The number of hydrogen-bond donors (Lipinski definition) is 1. The Morgan fingerprint density at radius 1 is 1.09 bits per heavy atom. The number of nitrogens with one attached hydrogen (secondary N) is 1. The number of thioether (sulfide) groups is 1. The molecule has 32 heavy (non-hydrogen) atoms. The molecule has 4 rings (SSSR count).